The Labute approximate surface area is 165 Å². The molecule has 0 bridgehead atoms. The average Bonchev–Trinajstić information content (AvgIpc) is 2.98. The van der Waals surface area contributed by atoms with E-state index in [0.717, 1.165) is 24.1 Å². The predicted molar refractivity (Wildman–Crippen MR) is 111 cm³/mol. The molecular formula is C17H25IN4OS. The molecule has 0 radical (unpaired) electrons. The Bertz CT molecular complexity index is 604. The number of halogens is 1. The van der Waals surface area contributed by atoms with Gasteiger partial charge in [-0.3, -0.25) is 0 Å². The summed E-state index contributed by atoms with van der Waals surface area (Å²) in [6, 6.07) is 10.2. The number of aliphatic imine (C=N–C) groups is 1. The predicted octanol–water partition coefficient (Wildman–Crippen LogP) is 3.34. The second kappa shape index (κ2) is 12.2. The molecule has 2 rings (SSSR count). The van der Waals surface area contributed by atoms with Crippen molar-refractivity contribution in [1.29, 1.82) is 0 Å². The minimum Gasteiger partial charge on any atom is -0.375 e. The molecule has 1 aromatic carbocycles. The Morgan fingerprint density at radius 1 is 1.25 bits per heavy atom. The van der Waals surface area contributed by atoms with Crippen LogP contribution in [-0.4, -0.2) is 30.6 Å². The molecule has 0 aliphatic rings. The third kappa shape index (κ3) is 8.07. The van der Waals surface area contributed by atoms with E-state index in [9.17, 15) is 0 Å². The van der Waals surface area contributed by atoms with Crippen LogP contribution in [-0.2, 0) is 17.9 Å². The highest BCUT2D eigenvalue weighted by Gasteiger charge is 2.00. The number of thiazole rings is 1. The Hall–Kier alpha value is -1.19. The summed E-state index contributed by atoms with van der Waals surface area (Å²) in [4.78, 5) is 10.1. The van der Waals surface area contributed by atoms with Crippen molar-refractivity contribution in [3.05, 3.63) is 52.0 Å². The number of hydrogen-bond acceptors (Lipinski definition) is 4. The quantitative estimate of drug-likeness (QED) is 0.275. The minimum atomic E-state index is 0. The van der Waals surface area contributed by atoms with Gasteiger partial charge in [0, 0.05) is 24.2 Å². The zero-order valence-corrected chi connectivity index (χ0v) is 17.3. The largest absolute Gasteiger partial charge is 0.375 e. The van der Waals surface area contributed by atoms with E-state index in [0.29, 0.717) is 19.8 Å². The number of guanidine groups is 1. The molecule has 0 saturated heterocycles. The lowest BCUT2D eigenvalue weighted by molar-refractivity contribution is 0.125. The topological polar surface area (TPSA) is 58.5 Å². The molecule has 24 heavy (non-hydrogen) atoms. The smallest absolute Gasteiger partial charge is 0.191 e. The lowest BCUT2D eigenvalue weighted by Gasteiger charge is -2.11. The molecule has 0 aliphatic heterocycles. The minimum absolute atomic E-state index is 0. The van der Waals surface area contributed by atoms with Gasteiger partial charge in [0.15, 0.2) is 5.96 Å². The number of aryl methyl sites for hydroxylation is 1. The van der Waals surface area contributed by atoms with Gasteiger partial charge in [0.25, 0.3) is 0 Å². The Morgan fingerprint density at radius 3 is 2.71 bits per heavy atom. The fraction of sp³-hybridized carbons (Fsp3) is 0.412. The van der Waals surface area contributed by atoms with E-state index in [4.69, 9.17) is 4.74 Å². The van der Waals surface area contributed by atoms with Crippen LogP contribution in [0.2, 0.25) is 0 Å². The first-order chi connectivity index (χ1) is 11.3. The van der Waals surface area contributed by atoms with Crippen LogP contribution >= 0.6 is 35.3 Å². The zero-order chi connectivity index (χ0) is 16.3. The van der Waals surface area contributed by atoms with E-state index in [1.165, 1.54) is 10.4 Å². The monoisotopic (exact) mass is 460 g/mol. The maximum atomic E-state index is 5.66. The molecule has 0 saturated carbocycles. The van der Waals surface area contributed by atoms with Gasteiger partial charge in [-0.15, -0.1) is 35.3 Å². The van der Waals surface area contributed by atoms with Crippen molar-refractivity contribution in [2.45, 2.75) is 27.0 Å². The van der Waals surface area contributed by atoms with Gasteiger partial charge >= 0.3 is 0 Å². The second-order valence-electron chi connectivity index (χ2n) is 5.02. The number of benzene rings is 1. The summed E-state index contributed by atoms with van der Waals surface area (Å²) in [5.41, 5.74) is 1.19. The number of ether oxygens (including phenoxy) is 1. The van der Waals surface area contributed by atoms with Gasteiger partial charge in [-0.25, -0.2) is 9.98 Å². The number of nitrogens with zero attached hydrogens (tertiary/aromatic N) is 2. The van der Waals surface area contributed by atoms with Crippen molar-refractivity contribution in [3.8, 4) is 0 Å². The Morgan fingerprint density at radius 2 is 2.04 bits per heavy atom. The van der Waals surface area contributed by atoms with Crippen molar-refractivity contribution in [2.75, 3.05) is 19.7 Å². The summed E-state index contributed by atoms with van der Waals surface area (Å²) in [5, 5.41) is 7.53. The number of aromatic nitrogens is 1. The van der Waals surface area contributed by atoms with Crippen molar-refractivity contribution in [2.24, 2.45) is 4.99 Å². The molecule has 0 fully saturated rings. The van der Waals surface area contributed by atoms with E-state index in [1.54, 1.807) is 11.3 Å². The maximum absolute atomic E-state index is 5.66. The van der Waals surface area contributed by atoms with Crippen LogP contribution in [0.25, 0.3) is 0 Å². The van der Waals surface area contributed by atoms with Gasteiger partial charge in [0.2, 0.25) is 0 Å². The van der Waals surface area contributed by atoms with Gasteiger partial charge in [0.05, 0.1) is 19.8 Å². The Balaban J connectivity index is 0.00000288. The molecule has 0 amide bonds. The summed E-state index contributed by atoms with van der Waals surface area (Å²) >= 11 is 1.68. The number of rotatable bonds is 8. The molecule has 2 N–H and O–H groups in total. The van der Waals surface area contributed by atoms with Crippen molar-refractivity contribution < 1.29 is 4.74 Å². The molecule has 0 unspecified atom stereocenters. The standard InChI is InChI=1S/C17H24N4OS.HI/c1-3-18-17(21-12-16-20-11-14(2)23-16)19-9-10-22-13-15-7-5-4-6-8-15;/h4-8,11H,3,9-10,12-13H2,1-2H3,(H2,18,19,21);1H. The van der Waals surface area contributed by atoms with Gasteiger partial charge in [0.1, 0.15) is 5.01 Å². The third-order valence-electron chi connectivity index (χ3n) is 3.04. The van der Waals surface area contributed by atoms with E-state index in [-0.39, 0.29) is 24.0 Å². The molecule has 0 atom stereocenters. The molecule has 1 aromatic heterocycles. The highest BCUT2D eigenvalue weighted by Crippen LogP contribution is 2.11. The van der Waals surface area contributed by atoms with Gasteiger partial charge in [-0.2, -0.15) is 0 Å². The first-order valence-corrected chi connectivity index (χ1v) is 8.64. The molecule has 1 heterocycles. The summed E-state index contributed by atoms with van der Waals surface area (Å²) in [6.45, 7) is 7.52. The highest BCUT2D eigenvalue weighted by molar-refractivity contribution is 14.0. The normalized spacial score (nSPS) is 11.0. The molecule has 7 heteroatoms. The van der Waals surface area contributed by atoms with Gasteiger partial charge in [-0.05, 0) is 19.4 Å². The SMILES string of the molecule is CCNC(=NCc1ncc(C)s1)NCCOCc1ccccc1.I. The van der Waals surface area contributed by atoms with Crippen LogP contribution < -0.4 is 10.6 Å². The number of nitrogens with one attached hydrogen (secondary N) is 2. The van der Waals surface area contributed by atoms with Crippen LogP contribution in [0.5, 0.6) is 0 Å². The van der Waals surface area contributed by atoms with Crippen LogP contribution in [0.3, 0.4) is 0 Å². The Kier molecular flexibility index (Phi) is 10.6. The molecule has 5 nitrogen and oxygen atoms in total. The van der Waals surface area contributed by atoms with Crippen LogP contribution in [0, 0.1) is 6.92 Å². The maximum Gasteiger partial charge on any atom is 0.191 e. The van der Waals surface area contributed by atoms with Crippen molar-refractivity contribution in [3.63, 3.8) is 0 Å². The van der Waals surface area contributed by atoms with E-state index in [2.05, 4.69) is 46.6 Å². The van der Waals surface area contributed by atoms with E-state index < -0.39 is 0 Å². The van der Waals surface area contributed by atoms with Crippen molar-refractivity contribution >= 4 is 41.3 Å². The van der Waals surface area contributed by atoms with Crippen LogP contribution in [0.4, 0.5) is 0 Å². The molecule has 132 valence electrons. The molecule has 0 aliphatic carbocycles. The lowest BCUT2D eigenvalue weighted by Crippen LogP contribution is -2.38. The van der Waals surface area contributed by atoms with E-state index >= 15 is 0 Å². The average molecular weight is 460 g/mol. The van der Waals surface area contributed by atoms with Crippen molar-refractivity contribution in [1.82, 2.24) is 15.6 Å². The van der Waals surface area contributed by atoms with Crippen LogP contribution in [0.15, 0.2) is 41.5 Å². The number of hydrogen-bond donors (Lipinski definition) is 2. The first kappa shape index (κ1) is 20.9. The van der Waals surface area contributed by atoms with Gasteiger partial charge < -0.3 is 15.4 Å². The molecular weight excluding hydrogens is 435 g/mol. The summed E-state index contributed by atoms with van der Waals surface area (Å²) < 4.78 is 5.66. The fourth-order valence-corrected chi connectivity index (χ4v) is 2.68. The molecule has 0 spiro atoms. The molecule has 2 aromatic rings. The lowest BCUT2D eigenvalue weighted by atomic mass is 10.2. The fourth-order valence-electron chi connectivity index (χ4n) is 1.97. The summed E-state index contributed by atoms with van der Waals surface area (Å²) in [7, 11) is 0. The highest BCUT2D eigenvalue weighted by atomic mass is 127. The zero-order valence-electron chi connectivity index (χ0n) is 14.1. The summed E-state index contributed by atoms with van der Waals surface area (Å²) in [6.07, 6.45) is 1.88. The summed E-state index contributed by atoms with van der Waals surface area (Å²) in [5.74, 6) is 0.795. The van der Waals surface area contributed by atoms with E-state index in [1.807, 2.05) is 24.4 Å². The second-order valence-corrected chi connectivity index (χ2v) is 6.34. The van der Waals surface area contributed by atoms with Crippen LogP contribution in [0.1, 0.15) is 22.4 Å². The first-order valence-electron chi connectivity index (χ1n) is 7.83. The third-order valence-corrected chi connectivity index (χ3v) is 3.93. The van der Waals surface area contributed by atoms with Gasteiger partial charge in [-0.1, -0.05) is 30.3 Å².